The highest BCUT2D eigenvalue weighted by Gasteiger charge is 2.30. The lowest BCUT2D eigenvalue weighted by atomic mass is 10.0. The molecule has 2 rings (SSSR count). The predicted molar refractivity (Wildman–Crippen MR) is 79.2 cm³/mol. The monoisotopic (exact) mass is 297 g/mol. The number of methoxy groups -OCH3 is 1. The van der Waals surface area contributed by atoms with Crippen LogP contribution in [-0.2, 0) is 21.2 Å². The number of benzene rings is 1. The normalized spacial score (nSPS) is 21.0. The van der Waals surface area contributed by atoms with Crippen LogP contribution in [0.15, 0.2) is 29.2 Å². The first-order valence-electron chi connectivity index (χ1n) is 7.16. The third kappa shape index (κ3) is 3.40. The fourth-order valence-electron chi connectivity index (χ4n) is 2.66. The third-order valence-electron chi connectivity index (χ3n) is 3.85. The lowest BCUT2D eigenvalue weighted by Crippen LogP contribution is -2.41. The number of nitrogens with zero attached hydrogens (tertiary/aromatic N) is 1. The van der Waals surface area contributed by atoms with Gasteiger partial charge < -0.3 is 4.74 Å². The predicted octanol–water partition coefficient (Wildman–Crippen LogP) is 2.30. The van der Waals surface area contributed by atoms with Gasteiger partial charge in [-0.3, -0.25) is 0 Å². The number of hydrogen-bond donors (Lipinski definition) is 0. The second kappa shape index (κ2) is 6.70. The van der Waals surface area contributed by atoms with Crippen LogP contribution in [-0.4, -0.2) is 39.5 Å². The van der Waals surface area contributed by atoms with E-state index in [0.29, 0.717) is 30.5 Å². The smallest absolute Gasteiger partial charge is 0.243 e. The number of ether oxygens (including phenoxy) is 1. The van der Waals surface area contributed by atoms with Crippen molar-refractivity contribution in [3.05, 3.63) is 29.8 Å². The molecule has 0 aromatic heterocycles. The summed E-state index contributed by atoms with van der Waals surface area (Å²) in [4.78, 5) is 0.396. The molecule has 1 fully saturated rings. The fraction of sp³-hybridized carbons (Fsp3) is 0.600. The molecule has 0 aliphatic carbocycles. The average Bonchev–Trinajstić information content (AvgIpc) is 2.48. The van der Waals surface area contributed by atoms with Gasteiger partial charge in [-0.15, -0.1) is 0 Å². The Hall–Kier alpha value is -0.910. The highest BCUT2D eigenvalue weighted by atomic mass is 32.2. The van der Waals surface area contributed by atoms with E-state index in [2.05, 4.69) is 6.92 Å². The van der Waals surface area contributed by atoms with E-state index in [1.165, 1.54) is 0 Å². The maximum atomic E-state index is 12.6. The Kier molecular flexibility index (Phi) is 5.18. The van der Waals surface area contributed by atoms with Crippen LogP contribution in [0.2, 0.25) is 0 Å². The van der Waals surface area contributed by atoms with Crippen molar-refractivity contribution < 1.29 is 13.2 Å². The van der Waals surface area contributed by atoms with E-state index >= 15 is 0 Å². The van der Waals surface area contributed by atoms with E-state index in [0.717, 1.165) is 24.8 Å². The Morgan fingerprint density at radius 2 is 2.00 bits per heavy atom. The maximum Gasteiger partial charge on any atom is 0.243 e. The highest BCUT2D eigenvalue weighted by molar-refractivity contribution is 7.89. The van der Waals surface area contributed by atoms with Gasteiger partial charge in [0.2, 0.25) is 10.0 Å². The molecule has 0 amide bonds. The van der Waals surface area contributed by atoms with Crippen LogP contribution in [0.4, 0.5) is 0 Å². The van der Waals surface area contributed by atoms with Crippen LogP contribution in [0.3, 0.4) is 0 Å². The molecule has 1 aliphatic heterocycles. The Morgan fingerprint density at radius 1 is 1.30 bits per heavy atom. The minimum absolute atomic E-state index is 0.304. The number of hydrogen-bond acceptors (Lipinski definition) is 3. The zero-order chi connectivity index (χ0) is 14.6. The quantitative estimate of drug-likeness (QED) is 0.838. The van der Waals surface area contributed by atoms with Crippen LogP contribution in [0.25, 0.3) is 0 Å². The van der Waals surface area contributed by atoms with Crippen molar-refractivity contribution in [1.82, 2.24) is 4.31 Å². The molecule has 4 nitrogen and oxygen atoms in total. The molecule has 0 N–H and O–H groups in total. The lowest BCUT2D eigenvalue weighted by molar-refractivity contribution is 0.118. The first-order valence-corrected chi connectivity index (χ1v) is 8.60. The Labute approximate surface area is 121 Å². The van der Waals surface area contributed by atoms with Crippen molar-refractivity contribution in [3.8, 4) is 0 Å². The molecule has 20 heavy (non-hydrogen) atoms. The zero-order valence-corrected chi connectivity index (χ0v) is 13.0. The van der Waals surface area contributed by atoms with Gasteiger partial charge >= 0.3 is 0 Å². The maximum absolute atomic E-state index is 12.6. The zero-order valence-electron chi connectivity index (χ0n) is 12.2. The summed E-state index contributed by atoms with van der Waals surface area (Å²) in [5.74, 6) is 0.304. The first-order chi connectivity index (χ1) is 9.57. The van der Waals surface area contributed by atoms with Crippen LogP contribution < -0.4 is 0 Å². The number of piperidine rings is 1. The molecule has 1 unspecified atom stereocenters. The fourth-order valence-corrected chi connectivity index (χ4v) is 4.22. The van der Waals surface area contributed by atoms with Crippen molar-refractivity contribution in [3.63, 3.8) is 0 Å². The number of sulfonamides is 1. The Bertz CT molecular complexity index is 523. The highest BCUT2D eigenvalue weighted by Crippen LogP contribution is 2.24. The van der Waals surface area contributed by atoms with Gasteiger partial charge in [0.1, 0.15) is 0 Å². The minimum atomic E-state index is -3.36. The minimum Gasteiger partial charge on any atom is -0.384 e. The molecule has 0 spiro atoms. The molecule has 0 saturated carbocycles. The molecule has 1 saturated heterocycles. The molecule has 1 aliphatic rings. The van der Waals surface area contributed by atoms with Crippen molar-refractivity contribution in [1.29, 1.82) is 0 Å². The topological polar surface area (TPSA) is 46.6 Å². The van der Waals surface area contributed by atoms with Gasteiger partial charge in [0.25, 0.3) is 0 Å². The van der Waals surface area contributed by atoms with Gasteiger partial charge in [0.15, 0.2) is 0 Å². The summed E-state index contributed by atoms with van der Waals surface area (Å²) in [5, 5.41) is 0. The molecule has 112 valence electrons. The van der Waals surface area contributed by atoms with Gasteiger partial charge in [-0.25, -0.2) is 8.42 Å². The van der Waals surface area contributed by atoms with Crippen molar-refractivity contribution >= 4 is 10.0 Å². The summed E-state index contributed by atoms with van der Waals surface area (Å²) in [7, 11) is -1.70. The van der Waals surface area contributed by atoms with E-state index in [1.54, 1.807) is 23.5 Å². The van der Waals surface area contributed by atoms with E-state index in [4.69, 9.17) is 4.74 Å². The summed E-state index contributed by atoms with van der Waals surface area (Å²) >= 11 is 0. The van der Waals surface area contributed by atoms with Gasteiger partial charge in [0.05, 0.1) is 11.5 Å². The number of rotatable bonds is 5. The molecule has 1 aromatic carbocycles. The molecule has 0 radical (unpaired) electrons. The largest absolute Gasteiger partial charge is 0.384 e. The van der Waals surface area contributed by atoms with Gasteiger partial charge in [-0.1, -0.05) is 19.1 Å². The van der Waals surface area contributed by atoms with Crippen LogP contribution in [0.5, 0.6) is 0 Å². The number of aryl methyl sites for hydroxylation is 1. The molecule has 5 heteroatoms. The van der Waals surface area contributed by atoms with E-state index in [1.807, 2.05) is 12.1 Å². The Balaban J connectivity index is 2.16. The average molecular weight is 297 g/mol. The van der Waals surface area contributed by atoms with Crippen LogP contribution in [0, 0.1) is 5.92 Å². The molecular weight excluding hydrogens is 274 g/mol. The molecule has 1 heterocycles. The standard InChI is InChI=1S/C15H23NO3S/c1-3-13-6-8-15(9-7-13)20(17,18)16-10-4-5-14(11-16)12-19-2/h6-9,14H,3-5,10-12H2,1-2H3. The second-order valence-electron chi connectivity index (χ2n) is 5.32. The molecular formula is C15H23NO3S. The summed E-state index contributed by atoms with van der Waals surface area (Å²) < 4.78 is 32.0. The molecule has 1 atom stereocenters. The van der Waals surface area contributed by atoms with Crippen molar-refractivity contribution in [2.24, 2.45) is 5.92 Å². The van der Waals surface area contributed by atoms with Gasteiger partial charge in [-0.05, 0) is 42.9 Å². The summed E-state index contributed by atoms with van der Waals surface area (Å²) in [6.45, 7) is 3.86. The van der Waals surface area contributed by atoms with E-state index < -0.39 is 10.0 Å². The van der Waals surface area contributed by atoms with Crippen molar-refractivity contribution in [2.75, 3.05) is 26.8 Å². The van der Waals surface area contributed by atoms with E-state index in [9.17, 15) is 8.42 Å². The molecule has 0 bridgehead atoms. The summed E-state index contributed by atoms with van der Waals surface area (Å²) in [6, 6.07) is 7.22. The van der Waals surface area contributed by atoms with Crippen LogP contribution in [0.1, 0.15) is 25.3 Å². The van der Waals surface area contributed by atoms with Gasteiger partial charge in [-0.2, -0.15) is 4.31 Å². The van der Waals surface area contributed by atoms with Gasteiger partial charge in [0, 0.05) is 20.2 Å². The summed E-state index contributed by atoms with van der Waals surface area (Å²) in [6.07, 6.45) is 2.86. The Morgan fingerprint density at radius 3 is 2.60 bits per heavy atom. The SMILES string of the molecule is CCc1ccc(S(=O)(=O)N2CCCC(COC)C2)cc1. The van der Waals surface area contributed by atoms with Crippen LogP contribution >= 0.6 is 0 Å². The van der Waals surface area contributed by atoms with Crippen molar-refractivity contribution in [2.45, 2.75) is 31.1 Å². The van der Waals surface area contributed by atoms with E-state index in [-0.39, 0.29) is 0 Å². The second-order valence-corrected chi connectivity index (χ2v) is 7.26. The summed E-state index contributed by atoms with van der Waals surface area (Å²) in [5.41, 5.74) is 1.15. The molecule has 1 aromatic rings. The lowest BCUT2D eigenvalue weighted by Gasteiger charge is -2.31. The first kappa shape index (κ1) is 15.5. The third-order valence-corrected chi connectivity index (χ3v) is 5.73.